The fraction of sp³-hybridized carbons (Fsp3) is 0.593. The topological polar surface area (TPSA) is 96.9 Å². The highest BCUT2D eigenvalue weighted by atomic mass is 16.5. The number of Topliss-reactive ketones (excluding diaryl/α,β-unsaturated/α-hetero) is 1. The Hall–Kier alpha value is -2.75. The van der Waals surface area contributed by atoms with E-state index >= 15 is 0 Å². The molecular formula is C27H38N6O3. The minimum absolute atomic E-state index is 0.109. The number of carbonyl (C=O) groups is 2. The third-order valence-electron chi connectivity index (χ3n) is 7.76. The van der Waals surface area contributed by atoms with E-state index in [2.05, 4.69) is 28.5 Å². The fourth-order valence-electron chi connectivity index (χ4n) is 5.80. The number of aryl methyl sites for hydroxylation is 1. The highest BCUT2D eigenvalue weighted by Gasteiger charge is 2.36. The van der Waals surface area contributed by atoms with Gasteiger partial charge in [-0.15, -0.1) is 0 Å². The number of morpholine rings is 1. The van der Waals surface area contributed by atoms with Crippen molar-refractivity contribution in [2.75, 3.05) is 70.5 Å². The summed E-state index contributed by atoms with van der Waals surface area (Å²) in [6.07, 6.45) is 1.32. The summed E-state index contributed by atoms with van der Waals surface area (Å²) in [5.74, 6) is -0.270. The zero-order valence-corrected chi connectivity index (χ0v) is 21.8. The van der Waals surface area contributed by atoms with Gasteiger partial charge in [-0.3, -0.25) is 19.4 Å². The predicted octanol–water partition coefficient (Wildman–Crippen LogP) is 1.89. The lowest BCUT2D eigenvalue weighted by Crippen LogP contribution is -2.49. The van der Waals surface area contributed by atoms with E-state index in [-0.39, 0.29) is 11.2 Å². The van der Waals surface area contributed by atoms with Crippen LogP contribution in [0, 0.1) is 12.3 Å². The lowest BCUT2D eigenvalue weighted by molar-refractivity contribution is 0.0331. The maximum absolute atomic E-state index is 12.9. The molecule has 2 N–H and O–H groups in total. The molecule has 2 aromatic rings. The summed E-state index contributed by atoms with van der Waals surface area (Å²) in [6.45, 7) is 15.4. The summed E-state index contributed by atoms with van der Waals surface area (Å²) in [7, 11) is 0. The van der Waals surface area contributed by atoms with Gasteiger partial charge in [0.1, 0.15) is 0 Å². The van der Waals surface area contributed by atoms with Crippen LogP contribution in [0.25, 0.3) is 5.69 Å². The maximum Gasteiger partial charge on any atom is 0.250 e. The van der Waals surface area contributed by atoms with Crippen molar-refractivity contribution < 1.29 is 14.3 Å². The predicted molar refractivity (Wildman–Crippen MR) is 139 cm³/mol. The number of nitrogens with two attached hydrogens (primary N) is 1. The first-order valence-corrected chi connectivity index (χ1v) is 13.1. The SMILES string of the molecule is Cc1nn(-c2ccc(C(N)=O)c(N3CCN(CCN4CCOCC4)CC3)c2)c2c1C(=O)CC(C)(C)C2. The zero-order valence-electron chi connectivity index (χ0n) is 21.8. The van der Waals surface area contributed by atoms with Crippen molar-refractivity contribution in [3.8, 4) is 5.69 Å². The van der Waals surface area contributed by atoms with Gasteiger partial charge in [-0.2, -0.15) is 5.10 Å². The molecule has 0 bridgehead atoms. The van der Waals surface area contributed by atoms with E-state index in [4.69, 9.17) is 15.6 Å². The Balaban J connectivity index is 1.36. The lowest BCUT2D eigenvalue weighted by Gasteiger charge is -2.38. The molecule has 1 amide bonds. The van der Waals surface area contributed by atoms with Gasteiger partial charge in [-0.1, -0.05) is 13.8 Å². The molecule has 0 radical (unpaired) electrons. The highest BCUT2D eigenvalue weighted by molar-refractivity contribution is 6.00. The first-order valence-electron chi connectivity index (χ1n) is 13.1. The molecule has 3 heterocycles. The van der Waals surface area contributed by atoms with Crippen molar-refractivity contribution in [2.24, 2.45) is 11.1 Å². The molecule has 0 atom stereocenters. The van der Waals surface area contributed by atoms with E-state index in [1.807, 2.05) is 23.7 Å². The smallest absolute Gasteiger partial charge is 0.250 e. The lowest BCUT2D eigenvalue weighted by atomic mass is 9.75. The number of hydrogen-bond acceptors (Lipinski definition) is 7. The highest BCUT2D eigenvalue weighted by Crippen LogP contribution is 2.37. The summed E-state index contributed by atoms with van der Waals surface area (Å²) in [4.78, 5) is 32.4. The van der Waals surface area contributed by atoms with E-state index in [1.54, 1.807) is 6.07 Å². The van der Waals surface area contributed by atoms with E-state index in [9.17, 15) is 9.59 Å². The van der Waals surface area contributed by atoms with Gasteiger partial charge in [0.05, 0.1) is 47.1 Å². The third kappa shape index (κ3) is 5.05. The number of fused-ring (bicyclic) bond motifs is 1. The Labute approximate surface area is 213 Å². The number of piperazine rings is 1. The van der Waals surface area contributed by atoms with Gasteiger partial charge in [0.25, 0.3) is 5.91 Å². The Morgan fingerprint density at radius 2 is 1.69 bits per heavy atom. The monoisotopic (exact) mass is 494 g/mol. The van der Waals surface area contributed by atoms with Crippen molar-refractivity contribution in [3.05, 3.63) is 40.7 Å². The number of amides is 1. The molecule has 0 saturated carbocycles. The zero-order chi connectivity index (χ0) is 25.4. The summed E-state index contributed by atoms with van der Waals surface area (Å²) in [5, 5.41) is 4.76. The molecule has 1 aliphatic carbocycles. The van der Waals surface area contributed by atoms with Crippen LogP contribution in [-0.4, -0.2) is 96.8 Å². The molecule has 36 heavy (non-hydrogen) atoms. The number of benzene rings is 1. The average Bonchev–Trinajstić information content (AvgIpc) is 3.18. The number of hydrogen-bond donors (Lipinski definition) is 1. The number of anilines is 1. The van der Waals surface area contributed by atoms with Gasteiger partial charge >= 0.3 is 0 Å². The standard InChI is InChI=1S/C27H38N6O3/c1-19-25-23(17-27(2,3)18-24(25)34)33(29-19)20-4-5-21(26(28)35)22(16-20)32-10-8-30(9-11-32)6-7-31-12-14-36-15-13-31/h4-5,16H,6-15,17-18H2,1-3H3,(H2,28,35). The van der Waals surface area contributed by atoms with Crippen LogP contribution >= 0.6 is 0 Å². The second kappa shape index (κ2) is 9.95. The van der Waals surface area contributed by atoms with Crippen LogP contribution < -0.4 is 10.6 Å². The number of ketones is 1. The molecule has 5 rings (SSSR count). The number of nitrogens with zero attached hydrogens (tertiary/aromatic N) is 5. The van der Waals surface area contributed by atoms with Crippen LogP contribution in [0.3, 0.4) is 0 Å². The molecule has 3 aliphatic rings. The molecule has 1 aromatic heterocycles. The van der Waals surface area contributed by atoms with Gasteiger partial charge < -0.3 is 15.4 Å². The second-order valence-electron chi connectivity index (χ2n) is 11.1. The Morgan fingerprint density at radius 3 is 2.36 bits per heavy atom. The van der Waals surface area contributed by atoms with Crippen LogP contribution in [0.5, 0.6) is 0 Å². The Bertz CT molecular complexity index is 1140. The van der Waals surface area contributed by atoms with Crippen LogP contribution in [0.4, 0.5) is 5.69 Å². The van der Waals surface area contributed by atoms with E-state index in [0.29, 0.717) is 12.0 Å². The molecule has 1 aromatic carbocycles. The molecule has 0 spiro atoms. The van der Waals surface area contributed by atoms with Crippen LogP contribution in [-0.2, 0) is 11.2 Å². The normalized spacial score (nSPS) is 21.0. The summed E-state index contributed by atoms with van der Waals surface area (Å²) >= 11 is 0. The van der Waals surface area contributed by atoms with Crippen molar-refractivity contribution >= 4 is 17.4 Å². The number of primary amides is 1. The summed E-state index contributed by atoms with van der Waals surface area (Å²) in [5.41, 5.74) is 10.4. The molecule has 2 saturated heterocycles. The second-order valence-corrected chi connectivity index (χ2v) is 11.1. The van der Waals surface area contributed by atoms with E-state index < -0.39 is 5.91 Å². The van der Waals surface area contributed by atoms with Gasteiger partial charge in [-0.05, 0) is 37.0 Å². The van der Waals surface area contributed by atoms with Crippen LogP contribution in [0.15, 0.2) is 18.2 Å². The van der Waals surface area contributed by atoms with Gasteiger partial charge in [0.15, 0.2) is 5.78 Å². The van der Waals surface area contributed by atoms with Gasteiger partial charge in [0.2, 0.25) is 0 Å². The van der Waals surface area contributed by atoms with E-state index in [0.717, 1.165) is 100 Å². The molecule has 9 nitrogen and oxygen atoms in total. The largest absolute Gasteiger partial charge is 0.379 e. The van der Waals surface area contributed by atoms with Gasteiger partial charge in [0, 0.05) is 58.8 Å². The molecule has 194 valence electrons. The van der Waals surface area contributed by atoms with Gasteiger partial charge in [-0.25, -0.2) is 4.68 Å². The molecule has 2 fully saturated rings. The molecule has 9 heteroatoms. The van der Waals surface area contributed by atoms with E-state index in [1.165, 1.54) is 0 Å². The summed E-state index contributed by atoms with van der Waals surface area (Å²) < 4.78 is 7.35. The van der Waals surface area contributed by atoms with Crippen molar-refractivity contribution in [3.63, 3.8) is 0 Å². The number of carbonyl (C=O) groups excluding carboxylic acids is 2. The third-order valence-corrected chi connectivity index (χ3v) is 7.76. The molecular weight excluding hydrogens is 456 g/mol. The number of ether oxygens (including phenoxy) is 1. The fourth-order valence-corrected chi connectivity index (χ4v) is 5.80. The first-order chi connectivity index (χ1) is 17.2. The minimum Gasteiger partial charge on any atom is -0.379 e. The molecule has 2 aliphatic heterocycles. The quantitative estimate of drug-likeness (QED) is 0.655. The Kier molecular flexibility index (Phi) is 6.89. The number of aromatic nitrogens is 2. The van der Waals surface area contributed by atoms with Crippen molar-refractivity contribution in [2.45, 2.75) is 33.6 Å². The minimum atomic E-state index is -0.429. The van der Waals surface area contributed by atoms with Crippen molar-refractivity contribution in [1.82, 2.24) is 19.6 Å². The first kappa shape index (κ1) is 24.9. The molecule has 0 unspecified atom stereocenters. The van der Waals surface area contributed by atoms with Crippen LogP contribution in [0.1, 0.15) is 52.4 Å². The van der Waals surface area contributed by atoms with Crippen LogP contribution in [0.2, 0.25) is 0 Å². The average molecular weight is 495 g/mol. The maximum atomic E-state index is 12.9. The Morgan fingerprint density at radius 1 is 1.03 bits per heavy atom. The number of rotatable bonds is 6. The summed E-state index contributed by atoms with van der Waals surface area (Å²) in [6, 6.07) is 5.71. The van der Waals surface area contributed by atoms with Crippen molar-refractivity contribution in [1.29, 1.82) is 0 Å².